The van der Waals surface area contributed by atoms with Crippen molar-refractivity contribution < 1.29 is 9.53 Å². The molecule has 4 heteroatoms. The first kappa shape index (κ1) is 16.9. The van der Waals surface area contributed by atoms with Crippen molar-refractivity contribution in [1.82, 2.24) is 10.2 Å². The van der Waals surface area contributed by atoms with Gasteiger partial charge in [0.2, 0.25) is 0 Å². The lowest BCUT2D eigenvalue weighted by Crippen LogP contribution is -2.48. The lowest BCUT2D eigenvalue weighted by atomic mass is 9.74. The van der Waals surface area contributed by atoms with E-state index in [0.717, 1.165) is 58.5 Å². The molecule has 0 aromatic heterocycles. The Morgan fingerprint density at radius 2 is 2.08 bits per heavy atom. The number of carbonyl (C=O) groups is 1. The van der Waals surface area contributed by atoms with E-state index < -0.39 is 0 Å². The summed E-state index contributed by atoms with van der Waals surface area (Å²) in [6.07, 6.45) is 8.10. The number of hydrogen-bond acceptors (Lipinski definition) is 2. The van der Waals surface area contributed by atoms with Crippen LogP contribution in [0.25, 0.3) is 0 Å². The van der Waals surface area contributed by atoms with Crippen molar-refractivity contribution in [3.8, 4) is 0 Å². The van der Waals surface area contributed by atoms with Crippen LogP contribution in [-0.4, -0.2) is 43.8 Å². The summed E-state index contributed by atoms with van der Waals surface area (Å²) in [4.78, 5) is 14.5. The second-order valence-corrected chi connectivity index (χ2v) is 8.03. The molecule has 0 radical (unpaired) electrons. The normalized spacial score (nSPS) is 25.0. The Morgan fingerprint density at radius 1 is 1.24 bits per heavy atom. The van der Waals surface area contributed by atoms with Crippen LogP contribution in [0.2, 0.25) is 0 Å². The number of likely N-dealkylation sites (tertiary alicyclic amines) is 1. The first-order valence-electron chi connectivity index (χ1n) is 9.96. The first-order chi connectivity index (χ1) is 12.3. The fourth-order valence-corrected chi connectivity index (χ4v) is 4.95. The van der Waals surface area contributed by atoms with Gasteiger partial charge in [0.25, 0.3) is 0 Å². The lowest BCUT2D eigenvalue weighted by Gasteiger charge is -2.40. The Morgan fingerprint density at radius 3 is 2.88 bits per heavy atom. The Hall–Kier alpha value is -1.55. The molecule has 2 heterocycles. The van der Waals surface area contributed by atoms with Gasteiger partial charge in [-0.1, -0.05) is 24.3 Å². The summed E-state index contributed by atoms with van der Waals surface area (Å²) in [5.41, 5.74) is 3.40. The minimum absolute atomic E-state index is 0.123. The number of amides is 2. The van der Waals surface area contributed by atoms with Gasteiger partial charge in [0.05, 0.1) is 0 Å². The van der Waals surface area contributed by atoms with Crippen molar-refractivity contribution in [2.45, 2.75) is 50.4 Å². The monoisotopic (exact) mass is 342 g/mol. The number of ether oxygens (including phenoxy) is 1. The maximum Gasteiger partial charge on any atom is 0.317 e. The molecule has 3 aliphatic rings. The number of piperidine rings is 1. The molecule has 1 aliphatic carbocycles. The fourth-order valence-electron chi connectivity index (χ4n) is 4.95. The molecule has 1 aromatic rings. The molecule has 2 amide bonds. The zero-order chi connectivity index (χ0) is 17.1. The summed E-state index contributed by atoms with van der Waals surface area (Å²) in [6, 6.07) is 9.03. The maximum atomic E-state index is 12.5. The molecule has 0 bridgehead atoms. The smallest absolute Gasteiger partial charge is 0.317 e. The molecule has 2 fully saturated rings. The van der Waals surface area contributed by atoms with Gasteiger partial charge in [-0.25, -0.2) is 4.79 Å². The first-order valence-corrected chi connectivity index (χ1v) is 9.96. The van der Waals surface area contributed by atoms with Crippen LogP contribution in [0.4, 0.5) is 4.79 Å². The summed E-state index contributed by atoms with van der Waals surface area (Å²) in [5.74, 6) is 0.619. The lowest BCUT2D eigenvalue weighted by molar-refractivity contribution is 0.0517. The molecular weight excluding hydrogens is 312 g/mol. The average molecular weight is 342 g/mol. The summed E-state index contributed by atoms with van der Waals surface area (Å²) in [7, 11) is 0. The van der Waals surface area contributed by atoms with Crippen molar-refractivity contribution >= 4 is 6.03 Å². The molecule has 1 spiro atoms. The van der Waals surface area contributed by atoms with Gasteiger partial charge < -0.3 is 15.0 Å². The quantitative estimate of drug-likeness (QED) is 0.913. The molecule has 1 N–H and O–H groups in total. The van der Waals surface area contributed by atoms with Crippen LogP contribution in [-0.2, 0) is 16.6 Å². The molecule has 0 saturated carbocycles. The van der Waals surface area contributed by atoms with Crippen LogP contribution in [0, 0.1) is 5.92 Å². The van der Waals surface area contributed by atoms with Crippen molar-refractivity contribution in [2.75, 3.05) is 32.8 Å². The highest BCUT2D eigenvalue weighted by Crippen LogP contribution is 2.46. The van der Waals surface area contributed by atoms with E-state index in [1.165, 1.54) is 24.8 Å². The molecular formula is C21H30N2O2. The van der Waals surface area contributed by atoms with Gasteiger partial charge in [-0.15, -0.1) is 0 Å². The van der Waals surface area contributed by atoms with E-state index in [4.69, 9.17) is 4.74 Å². The number of hydrogen-bond donors (Lipinski definition) is 1. The molecule has 1 atom stereocenters. The number of urea groups is 1. The highest BCUT2D eigenvalue weighted by molar-refractivity contribution is 5.74. The highest BCUT2D eigenvalue weighted by atomic mass is 16.5. The largest absolute Gasteiger partial charge is 0.381 e. The SMILES string of the molecule is O=C(NCC[C@H]1CCCOC1)N1CCC2(CCc3ccccc32)CC1. The van der Waals surface area contributed by atoms with Crippen molar-refractivity contribution in [1.29, 1.82) is 0 Å². The van der Waals surface area contributed by atoms with Crippen LogP contribution < -0.4 is 5.32 Å². The Kier molecular flexibility index (Phi) is 4.98. The molecule has 2 aliphatic heterocycles. The third kappa shape index (κ3) is 3.55. The average Bonchev–Trinajstić information content (AvgIpc) is 3.02. The van der Waals surface area contributed by atoms with E-state index in [9.17, 15) is 4.79 Å². The summed E-state index contributed by atoms with van der Waals surface area (Å²) in [6.45, 7) is 4.31. The fraction of sp³-hybridized carbons (Fsp3) is 0.667. The van der Waals surface area contributed by atoms with E-state index in [2.05, 4.69) is 29.6 Å². The van der Waals surface area contributed by atoms with Gasteiger partial charge >= 0.3 is 6.03 Å². The zero-order valence-corrected chi connectivity index (χ0v) is 15.1. The van der Waals surface area contributed by atoms with Gasteiger partial charge in [-0.3, -0.25) is 0 Å². The second kappa shape index (κ2) is 7.36. The highest BCUT2D eigenvalue weighted by Gasteiger charge is 2.41. The topological polar surface area (TPSA) is 41.6 Å². The van der Waals surface area contributed by atoms with Gasteiger partial charge in [-0.05, 0) is 67.4 Å². The van der Waals surface area contributed by atoms with Crippen molar-refractivity contribution in [2.24, 2.45) is 5.92 Å². The van der Waals surface area contributed by atoms with Crippen LogP contribution in [0.3, 0.4) is 0 Å². The Balaban J connectivity index is 1.25. The zero-order valence-electron chi connectivity index (χ0n) is 15.1. The van der Waals surface area contributed by atoms with E-state index in [1.54, 1.807) is 5.56 Å². The third-order valence-corrected chi connectivity index (χ3v) is 6.55. The van der Waals surface area contributed by atoms with Gasteiger partial charge in [0.15, 0.2) is 0 Å². The van der Waals surface area contributed by atoms with E-state index in [1.807, 2.05) is 4.90 Å². The second-order valence-electron chi connectivity index (χ2n) is 8.03. The molecule has 2 saturated heterocycles. The number of nitrogens with one attached hydrogen (secondary N) is 1. The van der Waals surface area contributed by atoms with Gasteiger partial charge in [-0.2, -0.15) is 0 Å². The van der Waals surface area contributed by atoms with Crippen molar-refractivity contribution in [3.05, 3.63) is 35.4 Å². The molecule has 25 heavy (non-hydrogen) atoms. The number of rotatable bonds is 3. The minimum Gasteiger partial charge on any atom is -0.381 e. The molecule has 0 unspecified atom stereocenters. The summed E-state index contributed by atoms with van der Waals surface area (Å²) >= 11 is 0. The maximum absolute atomic E-state index is 12.5. The number of fused-ring (bicyclic) bond motifs is 2. The van der Waals surface area contributed by atoms with Crippen LogP contribution in [0.15, 0.2) is 24.3 Å². The van der Waals surface area contributed by atoms with Crippen LogP contribution in [0.5, 0.6) is 0 Å². The van der Waals surface area contributed by atoms with Crippen LogP contribution >= 0.6 is 0 Å². The predicted octanol–water partition coefficient (Wildman–Crippen LogP) is 3.49. The van der Waals surface area contributed by atoms with Gasteiger partial charge in [0, 0.05) is 32.8 Å². The van der Waals surface area contributed by atoms with Crippen molar-refractivity contribution in [3.63, 3.8) is 0 Å². The molecule has 4 rings (SSSR count). The standard InChI is InChI=1S/C21H30N2O2/c24-20(22-12-8-17-4-3-15-25-16-17)23-13-10-21(11-14-23)9-7-18-5-1-2-6-19(18)21/h1-2,5-6,17H,3-4,7-16H2,(H,22,24)/t17-/m1/s1. The number of carbonyl (C=O) groups excluding carboxylic acids is 1. The Labute approximate surface area is 150 Å². The number of aryl methyl sites for hydroxylation is 1. The number of nitrogens with zero attached hydrogens (tertiary/aromatic N) is 1. The molecule has 136 valence electrons. The summed E-state index contributed by atoms with van der Waals surface area (Å²) in [5, 5.41) is 3.13. The molecule has 4 nitrogen and oxygen atoms in total. The molecule has 1 aromatic carbocycles. The van der Waals surface area contributed by atoms with Gasteiger partial charge in [0.1, 0.15) is 0 Å². The van der Waals surface area contributed by atoms with E-state index in [0.29, 0.717) is 11.3 Å². The van der Waals surface area contributed by atoms with Crippen LogP contribution in [0.1, 0.15) is 49.7 Å². The van der Waals surface area contributed by atoms with E-state index >= 15 is 0 Å². The summed E-state index contributed by atoms with van der Waals surface area (Å²) < 4.78 is 5.52. The number of benzene rings is 1. The predicted molar refractivity (Wildman–Crippen MR) is 98.8 cm³/mol. The third-order valence-electron chi connectivity index (χ3n) is 6.55. The Bertz CT molecular complexity index is 602. The minimum atomic E-state index is 0.123. The van der Waals surface area contributed by atoms with E-state index in [-0.39, 0.29) is 6.03 Å².